The molecule has 8 heteroatoms. The van der Waals surface area contributed by atoms with Crippen LogP contribution >= 0.6 is 11.3 Å². The second-order valence-electron chi connectivity index (χ2n) is 8.24. The van der Waals surface area contributed by atoms with Crippen LogP contribution < -0.4 is 10.5 Å². The number of nitrogens with two attached hydrogens (primary N) is 1. The topological polar surface area (TPSA) is 94.1 Å². The average molecular weight is 411 g/mol. The highest BCUT2D eigenvalue weighted by Gasteiger charge is 2.26. The SMILES string of the molecule is COc1cc(-c2[nH]c3sc(C4CCC(N)CC4)nc3c2C(C)C)cn2ncnc12. The lowest BCUT2D eigenvalue weighted by atomic mass is 9.87. The van der Waals surface area contributed by atoms with Crippen LogP contribution in [0.3, 0.4) is 0 Å². The quantitative estimate of drug-likeness (QED) is 0.518. The van der Waals surface area contributed by atoms with Gasteiger partial charge in [-0.15, -0.1) is 11.3 Å². The number of nitrogens with one attached hydrogen (secondary N) is 1. The van der Waals surface area contributed by atoms with Crippen molar-refractivity contribution >= 4 is 27.3 Å². The number of methoxy groups -OCH3 is 1. The molecule has 0 unspecified atom stereocenters. The Morgan fingerprint density at radius 3 is 2.79 bits per heavy atom. The van der Waals surface area contributed by atoms with E-state index >= 15 is 0 Å². The third-order valence-corrected chi connectivity index (χ3v) is 7.09. The standard InChI is InChI=1S/C21H26N6OS/c1-11(2)16-17(13-8-15(28-3)19-23-10-24-27(19)9-13)25-21-18(16)26-20(29-21)12-4-6-14(22)7-5-12/h8-12,14,25H,4-7,22H2,1-3H3. The molecule has 1 aliphatic rings. The smallest absolute Gasteiger partial charge is 0.197 e. The van der Waals surface area contributed by atoms with Crippen molar-refractivity contribution in [3.05, 3.63) is 29.2 Å². The van der Waals surface area contributed by atoms with Gasteiger partial charge in [0, 0.05) is 29.3 Å². The molecular formula is C21H26N6OS. The van der Waals surface area contributed by atoms with Gasteiger partial charge in [0.05, 0.1) is 17.8 Å². The minimum absolute atomic E-state index is 0.339. The fraction of sp³-hybridized carbons (Fsp3) is 0.476. The normalized spacial score (nSPS) is 20.2. The average Bonchev–Trinajstić information content (AvgIpc) is 3.41. The highest BCUT2D eigenvalue weighted by Crippen LogP contribution is 2.42. The molecule has 4 aromatic rings. The number of pyridine rings is 1. The Balaban J connectivity index is 1.61. The first kappa shape index (κ1) is 18.6. The van der Waals surface area contributed by atoms with E-state index < -0.39 is 0 Å². The molecule has 0 saturated heterocycles. The third-order valence-electron chi connectivity index (χ3n) is 5.96. The summed E-state index contributed by atoms with van der Waals surface area (Å²) in [7, 11) is 1.66. The molecule has 7 nitrogen and oxygen atoms in total. The molecule has 1 fully saturated rings. The predicted molar refractivity (Wildman–Crippen MR) is 116 cm³/mol. The number of fused-ring (bicyclic) bond motifs is 2. The minimum Gasteiger partial charge on any atom is -0.493 e. The van der Waals surface area contributed by atoms with Crippen molar-refractivity contribution < 1.29 is 4.74 Å². The summed E-state index contributed by atoms with van der Waals surface area (Å²) < 4.78 is 7.31. The van der Waals surface area contributed by atoms with Crippen molar-refractivity contribution in [2.45, 2.75) is 57.4 Å². The summed E-state index contributed by atoms with van der Waals surface area (Å²) in [5.74, 6) is 1.58. The van der Waals surface area contributed by atoms with Gasteiger partial charge in [-0.25, -0.2) is 14.5 Å². The van der Waals surface area contributed by atoms with Gasteiger partial charge in [0.15, 0.2) is 11.4 Å². The number of rotatable bonds is 4. The summed E-state index contributed by atoms with van der Waals surface area (Å²) in [5.41, 5.74) is 11.3. The number of aromatic amines is 1. The van der Waals surface area contributed by atoms with Crippen LogP contribution in [0, 0.1) is 0 Å². The first-order valence-electron chi connectivity index (χ1n) is 10.2. The molecule has 0 spiro atoms. The summed E-state index contributed by atoms with van der Waals surface area (Å²) in [6.07, 6.45) is 8.01. The number of thiazole rings is 1. The van der Waals surface area contributed by atoms with Crippen LogP contribution in [-0.4, -0.2) is 37.7 Å². The van der Waals surface area contributed by atoms with E-state index in [1.54, 1.807) is 29.3 Å². The third kappa shape index (κ3) is 3.11. The van der Waals surface area contributed by atoms with E-state index in [1.165, 1.54) is 10.6 Å². The van der Waals surface area contributed by atoms with Gasteiger partial charge in [0.25, 0.3) is 0 Å². The number of hydrogen-bond donors (Lipinski definition) is 2. The highest BCUT2D eigenvalue weighted by molar-refractivity contribution is 7.18. The minimum atomic E-state index is 0.339. The van der Waals surface area contributed by atoms with Crippen molar-refractivity contribution in [2.24, 2.45) is 5.73 Å². The Labute approximate surface area is 173 Å². The molecule has 1 aliphatic carbocycles. The second-order valence-corrected chi connectivity index (χ2v) is 9.27. The van der Waals surface area contributed by atoms with Crippen molar-refractivity contribution in [2.75, 3.05) is 7.11 Å². The van der Waals surface area contributed by atoms with Crippen LogP contribution in [-0.2, 0) is 0 Å². The first-order valence-corrected chi connectivity index (χ1v) is 11.0. The summed E-state index contributed by atoms with van der Waals surface area (Å²) in [4.78, 5) is 14.2. The molecule has 4 heterocycles. The molecule has 0 bridgehead atoms. The molecule has 0 atom stereocenters. The predicted octanol–water partition coefficient (Wildman–Crippen LogP) is 4.45. The maximum Gasteiger partial charge on any atom is 0.197 e. The Morgan fingerprint density at radius 1 is 1.28 bits per heavy atom. The van der Waals surface area contributed by atoms with E-state index in [2.05, 4.69) is 28.9 Å². The zero-order valence-corrected chi connectivity index (χ0v) is 17.8. The molecule has 3 N–H and O–H groups in total. The van der Waals surface area contributed by atoms with E-state index in [0.717, 1.165) is 47.3 Å². The zero-order chi connectivity index (χ0) is 20.1. The monoisotopic (exact) mass is 410 g/mol. The zero-order valence-electron chi connectivity index (χ0n) is 17.0. The van der Waals surface area contributed by atoms with E-state index in [9.17, 15) is 0 Å². The number of H-pyrrole nitrogens is 1. The molecule has 0 amide bonds. The summed E-state index contributed by atoms with van der Waals surface area (Å²) >= 11 is 1.79. The van der Waals surface area contributed by atoms with Crippen LogP contribution in [0.25, 0.3) is 27.3 Å². The van der Waals surface area contributed by atoms with Gasteiger partial charge in [-0.2, -0.15) is 5.10 Å². The van der Waals surface area contributed by atoms with Crippen LogP contribution in [0.1, 0.15) is 61.9 Å². The van der Waals surface area contributed by atoms with E-state index in [4.69, 9.17) is 15.5 Å². The van der Waals surface area contributed by atoms with Gasteiger partial charge < -0.3 is 15.5 Å². The van der Waals surface area contributed by atoms with Gasteiger partial charge in [-0.1, -0.05) is 13.8 Å². The van der Waals surface area contributed by atoms with E-state index in [-0.39, 0.29) is 0 Å². The van der Waals surface area contributed by atoms with Crippen LogP contribution in [0.5, 0.6) is 5.75 Å². The Bertz CT molecular complexity index is 1160. The van der Waals surface area contributed by atoms with E-state index in [1.807, 2.05) is 12.3 Å². The number of hydrogen-bond acceptors (Lipinski definition) is 6. The molecule has 0 aromatic carbocycles. The first-order chi connectivity index (χ1) is 14.0. The van der Waals surface area contributed by atoms with E-state index in [0.29, 0.717) is 29.3 Å². The fourth-order valence-corrected chi connectivity index (χ4v) is 5.57. The lowest BCUT2D eigenvalue weighted by Gasteiger charge is -2.24. The summed E-state index contributed by atoms with van der Waals surface area (Å²) in [6, 6.07) is 2.38. The van der Waals surface area contributed by atoms with Crippen molar-refractivity contribution in [3.8, 4) is 17.0 Å². The summed E-state index contributed by atoms with van der Waals surface area (Å²) in [6.45, 7) is 4.44. The molecule has 4 aromatic heterocycles. The fourth-order valence-electron chi connectivity index (χ4n) is 4.42. The van der Waals surface area contributed by atoms with Gasteiger partial charge in [0.1, 0.15) is 16.7 Å². The number of ether oxygens (including phenoxy) is 1. The molecule has 152 valence electrons. The highest BCUT2D eigenvalue weighted by atomic mass is 32.1. The molecule has 1 saturated carbocycles. The largest absolute Gasteiger partial charge is 0.493 e. The van der Waals surface area contributed by atoms with Crippen molar-refractivity contribution in [1.29, 1.82) is 0 Å². The number of aromatic nitrogens is 5. The maximum absolute atomic E-state index is 6.09. The lowest BCUT2D eigenvalue weighted by Crippen LogP contribution is -2.25. The molecular weight excluding hydrogens is 384 g/mol. The lowest BCUT2D eigenvalue weighted by molar-refractivity contribution is 0.395. The van der Waals surface area contributed by atoms with Crippen molar-refractivity contribution in [3.63, 3.8) is 0 Å². The van der Waals surface area contributed by atoms with Crippen molar-refractivity contribution in [1.82, 2.24) is 24.6 Å². The Hall–Kier alpha value is -2.45. The van der Waals surface area contributed by atoms with Crippen LogP contribution in [0.15, 0.2) is 18.6 Å². The summed E-state index contributed by atoms with van der Waals surface area (Å²) in [5, 5.41) is 5.55. The Kier molecular flexibility index (Phi) is 4.55. The number of nitrogens with zero attached hydrogens (tertiary/aromatic N) is 4. The van der Waals surface area contributed by atoms with Gasteiger partial charge in [-0.05, 0) is 37.7 Å². The molecule has 0 aliphatic heterocycles. The molecule has 29 heavy (non-hydrogen) atoms. The Morgan fingerprint density at radius 2 is 2.07 bits per heavy atom. The maximum atomic E-state index is 6.09. The van der Waals surface area contributed by atoms with Gasteiger partial charge in [-0.3, -0.25) is 0 Å². The van der Waals surface area contributed by atoms with Gasteiger partial charge >= 0.3 is 0 Å². The van der Waals surface area contributed by atoms with Crippen LogP contribution in [0.4, 0.5) is 0 Å². The van der Waals surface area contributed by atoms with Gasteiger partial charge in [0.2, 0.25) is 0 Å². The van der Waals surface area contributed by atoms with Crippen LogP contribution in [0.2, 0.25) is 0 Å². The second kappa shape index (κ2) is 7.11. The molecule has 0 radical (unpaired) electrons. The molecule has 5 rings (SSSR count).